The number of hydrogen-bond donors (Lipinski definition) is 3. The van der Waals surface area contributed by atoms with E-state index in [1.54, 1.807) is 13.8 Å². The Morgan fingerprint density at radius 2 is 1.56 bits per heavy atom. The monoisotopic (exact) mass is 440 g/mol. The van der Waals surface area contributed by atoms with Gasteiger partial charge >= 0.3 is 12.1 Å². The SMILES string of the molecule is COC(CNC(=O)C(NC(=O)OCC1c2ccccc2-c2ccccc21)C(C)C)C(=O)O. The summed E-state index contributed by atoms with van der Waals surface area (Å²) in [6.07, 6.45) is -1.87. The van der Waals surface area contributed by atoms with Crippen LogP contribution in [0, 0.1) is 5.92 Å². The van der Waals surface area contributed by atoms with Crippen molar-refractivity contribution in [3.8, 4) is 11.1 Å². The topological polar surface area (TPSA) is 114 Å². The number of benzene rings is 2. The zero-order valence-corrected chi connectivity index (χ0v) is 18.3. The summed E-state index contributed by atoms with van der Waals surface area (Å²) in [6, 6.07) is 15.2. The quantitative estimate of drug-likeness (QED) is 0.553. The van der Waals surface area contributed by atoms with Gasteiger partial charge in [-0.15, -0.1) is 0 Å². The van der Waals surface area contributed by atoms with Crippen molar-refractivity contribution < 1.29 is 29.0 Å². The zero-order valence-electron chi connectivity index (χ0n) is 18.3. The van der Waals surface area contributed by atoms with Crippen LogP contribution in [0.4, 0.5) is 4.79 Å². The van der Waals surface area contributed by atoms with E-state index in [4.69, 9.17) is 14.6 Å². The van der Waals surface area contributed by atoms with Gasteiger partial charge in [0.2, 0.25) is 5.91 Å². The predicted octanol–water partition coefficient (Wildman–Crippen LogP) is 2.77. The minimum Gasteiger partial charge on any atom is -0.479 e. The lowest BCUT2D eigenvalue weighted by atomic mass is 9.98. The van der Waals surface area contributed by atoms with Gasteiger partial charge in [0, 0.05) is 13.0 Å². The molecule has 2 aromatic rings. The summed E-state index contributed by atoms with van der Waals surface area (Å²) in [7, 11) is 1.25. The van der Waals surface area contributed by atoms with Crippen LogP contribution in [0.25, 0.3) is 11.1 Å². The molecule has 0 bridgehead atoms. The average Bonchev–Trinajstić information content (AvgIpc) is 3.09. The number of carboxylic acids is 1. The average molecular weight is 440 g/mol. The molecule has 0 aromatic heterocycles. The first-order chi connectivity index (χ1) is 15.3. The van der Waals surface area contributed by atoms with Crippen molar-refractivity contribution in [2.75, 3.05) is 20.3 Å². The Labute approximate surface area is 186 Å². The van der Waals surface area contributed by atoms with E-state index < -0.39 is 30.1 Å². The fraction of sp³-hybridized carbons (Fsp3) is 0.375. The van der Waals surface area contributed by atoms with Gasteiger partial charge in [-0.05, 0) is 28.2 Å². The maximum atomic E-state index is 12.5. The lowest BCUT2D eigenvalue weighted by molar-refractivity contribution is -0.148. The molecule has 0 radical (unpaired) electrons. The van der Waals surface area contributed by atoms with Gasteiger partial charge in [-0.2, -0.15) is 0 Å². The van der Waals surface area contributed by atoms with Gasteiger partial charge in [-0.3, -0.25) is 4.79 Å². The van der Waals surface area contributed by atoms with Gasteiger partial charge in [0.15, 0.2) is 6.10 Å². The van der Waals surface area contributed by atoms with Crippen LogP contribution < -0.4 is 10.6 Å². The normalized spacial score (nSPS) is 14.2. The second-order valence-electron chi connectivity index (χ2n) is 8.00. The van der Waals surface area contributed by atoms with Crippen LogP contribution in [0.1, 0.15) is 30.9 Å². The minimum absolute atomic E-state index is 0.0856. The number of nitrogens with one attached hydrogen (secondary N) is 2. The molecule has 32 heavy (non-hydrogen) atoms. The van der Waals surface area contributed by atoms with Crippen LogP contribution in [0.2, 0.25) is 0 Å². The van der Waals surface area contributed by atoms with E-state index in [0.29, 0.717) is 0 Å². The number of alkyl carbamates (subject to hydrolysis) is 1. The number of rotatable bonds is 9. The molecule has 2 unspecified atom stereocenters. The van der Waals surface area contributed by atoms with Crippen molar-refractivity contribution in [1.82, 2.24) is 10.6 Å². The summed E-state index contributed by atoms with van der Waals surface area (Å²) in [5.74, 6) is -2.01. The molecule has 0 heterocycles. The maximum absolute atomic E-state index is 12.5. The molecular weight excluding hydrogens is 412 g/mol. The highest BCUT2D eigenvalue weighted by molar-refractivity contribution is 5.86. The number of hydrogen-bond acceptors (Lipinski definition) is 5. The highest BCUT2D eigenvalue weighted by atomic mass is 16.5. The molecule has 8 heteroatoms. The third-order valence-corrected chi connectivity index (χ3v) is 5.59. The highest BCUT2D eigenvalue weighted by Gasteiger charge is 2.30. The molecule has 0 aliphatic heterocycles. The second kappa shape index (κ2) is 10.3. The maximum Gasteiger partial charge on any atom is 0.407 e. The first-order valence-electron chi connectivity index (χ1n) is 10.5. The van der Waals surface area contributed by atoms with Crippen LogP contribution in [0.3, 0.4) is 0 Å². The van der Waals surface area contributed by atoms with Crippen LogP contribution >= 0.6 is 0 Å². The summed E-state index contributed by atoms with van der Waals surface area (Å²) < 4.78 is 10.3. The van der Waals surface area contributed by atoms with Crippen molar-refractivity contribution in [3.63, 3.8) is 0 Å². The minimum atomic E-state index is -1.18. The third-order valence-electron chi connectivity index (χ3n) is 5.59. The molecule has 8 nitrogen and oxygen atoms in total. The van der Waals surface area contributed by atoms with E-state index in [0.717, 1.165) is 22.3 Å². The molecule has 3 rings (SSSR count). The number of ether oxygens (including phenoxy) is 2. The number of carboxylic acid groups (broad SMARTS) is 1. The van der Waals surface area contributed by atoms with Gasteiger partial charge in [-0.25, -0.2) is 9.59 Å². The van der Waals surface area contributed by atoms with Crippen LogP contribution in [0.15, 0.2) is 48.5 Å². The molecule has 0 saturated carbocycles. The number of amides is 2. The largest absolute Gasteiger partial charge is 0.479 e. The van der Waals surface area contributed by atoms with Gasteiger partial charge in [-0.1, -0.05) is 62.4 Å². The fourth-order valence-corrected chi connectivity index (χ4v) is 3.88. The van der Waals surface area contributed by atoms with Gasteiger partial charge in [0.05, 0.1) is 6.54 Å². The Kier molecular flexibility index (Phi) is 7.48. The Morgan fingerprint density at radius 3 is 2.06 bits per heavy atom. The summed E-state index contributed by atoms with van der Waals surface area (Å²) in [4.78, 5) is 36.1. The van der Waals surface area contributed by atoms with Gasteiger partial charge < -0.3 is 25.2 Å². The van der Waals surface area contributed by atoms with E-state index in [1.807, 2.05) is 36.4 Å². The van der Waals surface area contributed by atoms with Crippen LogP contribution in [-0.4, -0.2) is 55.5 Å². The Bertz CT molecular complexity index is 944. The molecule has 2 amide bonds. The fourth-order valence-electron chi connectivity index (χ4n) is 3.88. The van der Waals surface area contributed by atoms with Crippen molar-refractivity contribution in [2.45, 2.75) is 31.9 Å². The smallest absolute Gasteiger partial charge is 0.407 e. The first-order valence-corrected chi connectivity index (χ1v) is 10.5. The van der Waals surface area contributed by atoms with E-state index in [9.17, 15) is 14.4 Å². The molecule has 3 N–H and O–H groups in total. The summed E-state index contributed by atoms with van der Waals surface area (Å²) in [5, 5.41) is 14.1. The Morgan fingerprint density at radius 1 is 1.00 bits per heavy atom. The number of fused-ring (bicyclic) bond motifs is 3. The number of aliphatic carboxylic acids is 1. The molecule has 0 fully saturated rings. The summed E-state index contributed by atoms with van der Waals surface area (Å²) >= 11 is 0. The van der Waals surface area contributed by atoms with Gasteiger partial charge in [0.1, 0.15) is 12.6 Å². The molecule has 0 saturated heterocycles. The molecule has 0 spiro atoms. The molecule has 170 valence electrons. The molecule has 1 aliphatic rings. The number of carbonyl (C=O) groups is 3. The lowest BCUT2D eigenvalue weighted by Crippen LogP contribution is -2.52. The van der Waals surface area contributed by atoms with E-state index >= 15 is 0 Å². The molecule has 2 atom stereocenters. The van der Waals surface area contributed by atoms with Gasteiger partial charge in [0.25, 0.3) is 0 Å². The second-order valence-corrected chi connectivity index (χ2v) is 8.00. The van der Waals surface area contributed by atoms with E-state index in [-0.39, 0.29) is 25.0 Å². The molecule has 2 aromatic carbocycles. The number of carbonyl (C=O) groups excluding carboxylic acids is 2. The van der Waals surface area contributed by atoms with E-state index in [2.05, 4.69) is 22.8 Å². The zero-order chi connectivity index (χ0) is 23.3. The predicted molar refractivity (Wildman–Crippen MR) is 118 cm³/mol. The van der Waals surface area contributed by atoms with E-state index in [1.165, 1.54) is 7.11 Å². The Balaban J connectivity index is 1.62. The molecular formula is C24H28N2O6. The lowest BCUT2D eigenvalue weighted by Gasteiger charge is -2.23. The summed E-state index contributed by atoms with van der Waals surface area (Å²) in [5.41, 5.74) is 4.45. The number of methoxy groups -OCH3 is 1. The van der Waals surface area contributed by atoms with Crippen molar-refractivity contribution >= 4 is 18.0 Å². The first kappa shape index (κ1) is 23.3. The standard InChI is InChI=1S/C24H28N2O6/c1-14(2)21(22(27)25-12-20(31-3)23(28)29)26-24(30)32-13-19-17-10-6-4-8-15(17)16-9-5-7-11-18(16)19/h4-11,14,19-21H,12-13H2,1-3H3,(H,25,27)(H,26,30)(H,28,29). The third kappa shape index (κ3) is 5.08. The van der Waals surface area contributed by atoms with Crippen LogP contribution in [-0.2, 0) is 19.1 Å². The van der Waals surface area contributed by atoms with Crippen LogP contribution in [0.5, 0.6) is 0 Å². The highest BCUT2D eigenvalue weighted by Crippen LogP contribution is 2.44. The van der Waals surface area contributed by atoms with Crippen molar-refractivity contribution in [3.05, 3.63) is 59.7 Å². The molecule has 1 aliphatic carbocycles. The van der Waals surface area contributed by atoms with Crippen molar-refractivity contribution in [1.29, 1.82) is 0 Å². The summed E-state index contributed by atoms with van der Waals surface area (Å²) in [6.45, 7) is 3.48. The van der Waals surface area contributed by atoms with Crippen molar-refractivity contribution in [2.24, 2.45) is 5.92 Å². The Hall–Kier alpha value is -3.39.